The summed E-state index contributed by atoms with van der Waals surface area (Å²) >= 11 is 3.35. The molecule has 0 atom stereocenters. The van der Waals surface area contributed by atoms with Crippen molar-refractivity contribution in [3.63, 3.8) is 0 Å². The van der Waals surface area contributed by atoms with E-state index in [1.165, 1.54) is 11.6 Å². The Labute approximate surface area is 154 Å². The van der Waals surface area contributed by atoms with Crippen LogP contribution in [0.1, 0.15) is 34.8 Å². The van der Waals surface area contributed by atoms with Crippen LogP contribution >= 0.6 is 15.9 Å². The highest BCUT2D eigenvalue weighted by Gasteiger charge is 2.10. The number of aryl methyl sites for hydroxylation is 1. The average molecular weight is 400 g/mol. The first-order valence-electron chi connectivity index (χ1n) is 8.16. The molecule has 0 bridgehead atoms. The van der Waals surface area contributed by atoms with Gasteiger partial charge in [-0.1, -0.05) is 35.3 Å². The number of fused-ring (bicyclic) bond motifs is 1. The Hall–Kier alpha value is -2.40. The van der Waals surface area contributed by atoms with Crippen LogP contribution in [0.4, 0.5) is 0 Å². The third kappa shape index (κ3) is 4.17. The van der Waals surface area contributed by atoms with Gasteiger partial charge in [-0.25, -0.2) is 4.79 Å². The zero-order valence-electron chi connectivity index (χ0n) is 13.8. The molecular formula is C20H18BrNO3. The minimum atomic E-state index is -0.413. The predicted octanol–water partition coefficient (Wildman–Crippen LogP) is 4.44. The van der Waals surface area contributed by atoms with Gasteiger partial charge in [-0.05, 0) is 53.9 Å². The second kappa shape index (κ2) is 7.66. The first-order chi connectivity index (χ1) is 12.1. The van der Waals surface area contributed by atoms with Crippen LogP contribution in [0.15, 0.2) is 62.2 Å². The minimum absolute atomic E-state index is 0.182. The molecule has 3 rings (SSSR count). The van der Waals surface area contributed by atoms with Crippen LogP contribution in [0.3, 0.4) is 0 Å². The molecular weight excluding hydrogens is 382 g/mol. The Morgan fingerprint density at radius 1 is 1.12 bits per heavy atom. The molecule has 0 aliphatic heterocycles. The maximum absolute atomic E-state index is 12.3. The Balaban J connectivity index is 1.86. The van der Waals surface area contributed by atoms with Gasteiger partial charge in [0.15, 0.2) is 0 Å². The van der Waals surface area contributed by atoms with Gasteiger partial charge >= 0.3 is 5.63 Å². The molecule has 1 N–H and O–H groups in total. The Morgan fingerprint density at radius 2 is 1.88 bits per heavy atom. The van der Waals surface area contributed by atoms with E-state index < -0.39 is 5.63 Å². The van der Waals surface area contributed by atoms with Crippen molar-refractivity contribution in [1.82, 2.24) is 5.32 Å². The van der Waals surface area contributed by atoms with Gasteiger partial charge in [0, 0.05) is 28.0 Å². The number of benzene rings is 2. The fourth-order valence-electron chi connectivity index (χ4n) is 2.74. The number of amides is 1. The number of carbonyl (C=O) groups excluding carboxylic acids is 1. The van der Waals surface area contributed by atoms with Crippen LogP contribution in [0, 0.1) is 0 Å². The number of halogens is 1. The molecule has 1 amide bonds. The number of carbonyl (C=O) groups is 1. The van der Waals surface area contributed by atoms with Gasteiger partial charge in [0.25, 0.3) is 5.91 Å². The number of hydrogen-bond acceptors (Lipinski definition) is 3. The van der Waals surface area contributed by atoms with Crippen molar-refractivity contribution in [2.45, 2.75) is 26.3 Å². The summed E-state index contributed by atoms with van der Waals surface area (Å²) < 4.78 is 6.18. The van der Waals surface area contributed by atoms with E-state index in [4.69, 9.17) is 4.42 Å². The lowest BCUT2D eigenvalue weighted by atomic mass is 10.0. The molecule has 3 aromatic rings. The highest BCUT2D eigenvalue weighted by Crippen LogP contribution is 2.20. The Kier molecular flexibility index (Phi) is 5.34. The van der Waals surface area contributed by atoms with E-state index in [1.807, 2.05) is 30.3 Å². The maximum atomic E-state index is 12.3. The zero-order valence-corrected chi connectivity index (χ0v) is 15.4. The van der Waals surface area contributed by atoms with Crippen LogP contribution in [0.5, 0.6) is 0 Å². The fraction of sp³-hybridized carbons (Fsp3) is 0.200. The van der Waals surface area contributed by atoms with Gasteiger partial charge in [-0.15, -0.1) is 0 Å². The minimum Gasteiger partial charge on any atom is -0.423 e. The molecule has 0 aliphatic rings. The summed E-state index contributed by atoms with van der Waals surface area (Å²) in [7, 11) is 0. The first-order valence-corrected chi connectivity index (χ1v) is 8.95. The number of hydrogen-bond donors (Lipinski definition) is 1. The van der Waals surface area contributed by atoms with Gasteiger partial charge in [-0.2, -0.15) is 0 Å². The zero-order chi connectivity index (χ0) is 17.8. The van der Waals surface area contributed by atoms with Crippen molar-refractivity contribution >= 4 is 32.8 Å². The summed E-state index contributed by atoms with van der Waals surface area (Å²) in [6.07, 6.45) is 2.00. The summed E-state index contributed by atoms with van der Waals surface area (Å²) in [5.74, 6) is -0.182. The quantitative estimate of drug-likeness (QED) is 0.645. The highest BCUT2D eigenvalue weighted by atomic mass is 79.9. The normalized spacial score (nSPS) is 10.8. The predicted molar refractivity (Wildman–Crippen MR) is 102 cm³/mol. The van der Waals surface area contributed by atoms with Crippen molar-refractivity contribution in [2.24, 2.45) is 0 Å². The number of nitrogens with one attached hydrogen (secondary N) is 1. The van der Waals surface area contributed by atoms with Gasteiger partial charge in [-0.3, -0.25) is 4.79 Å². The molecule has 1 heterocycles. The molecule has 0 spiro atoms. The third-order valence-electron chi connectivity index (χ3n) is 3.98. The Morgan fingerprint density at radius 3 is 2.60 bits per heavy atom. The third-order valence-corrected chi connectivity index (χ3v) is 4.51. The van der Waals surface area contributed by atoms with E-state index in [0.29, 0.717) is 11.1 Å². The van der Waals surface area contributed by atoms with Crippen molar-refractivity contribution in [1.29, 1.82) is 0 Å². The standard InChI is InChI=1S/C20H18BrNO3/c1-2-3-13-4-9-18-17(10-13)15(11-19(23)25-18)12-22-20(24)14-5-7-16(21)8-6-14/h4-11H,2-3,12H2,1H3,(H,22,24). The van der Waals surface area contributed by atoms with Crippen molar-refractivity contribution in [3.8, 4) is 0 Å². The smallest absolute Gasteiger partial charge is 0.336 e. The van der Waals surface area contributed by atoms with E-state index in [2.05, 4.69) is 28.2 Å². The number of rotatable bonds is 5. The molecule has 0 aliphatic carbocycles. The molecule has 4 nitrogen and oxygen atoms in total. The largest absolute Gasteiger partial charge is 0.423 e. The molecule has 0 radical (unpaired) electrons. The van der Waals surface area contributed by atoms with Gasteiger partial charge in [0.05, 0.1) is 0 Å². The summed E-state index contributed by atoms with van der Waals surface area (Å²) in [4.78, 5) is 24.1. The summed E-state index contributed by atoms with van der Waals surface area (Å²) in [5.41, 5.74) is 2.64. The molecule has 0 saturated carbocycles. The Bertz CT molecular complexity index is 961. The van der Waals surface area contributed by atoms with Crippen molar-refractivity contribution in [2.75, 3.05) is 0 Å². The fourth-order valence-corrected chi connectivity index (χ4v) is 3.01. The molecule has 0 fully saturated rings. The lowest BCUT2D eigenvalue weighted by Crippen LogP contribution is -2.23. The monoisotopic (exact) mass is 399 g/mol. The van der Waals surface area contributed by atoms with Gasteiger partial charge < -0.3 is 9.73 Å². The summed E-state index contributed by atoms with van der Waals surface area (Å²) in [6, 6.07) is 14.4. The van der Waals surface area contributed by atoms with E-state index in [9.17, 15) is 9.59 Å². The molecule has 128 valence electrons. The second-order valence-electron chi connectivity index (χ2n) is 5.86. The highest BCUT2D eigenvalue weighted by molar-refractivity contribution is 9.10. The van der Waals surface area contributed by atoms with E-state index in [1.54, 1.807) is 12.1 Å². The topological polar surface area (TPSA) is 59.3 Å². The lowest BCUT2D eigenvalue weighted by Gasteiger charge is -2.09. The summed E-state index contributed by atoms with van der Waals surface area (Å²) in [6.45, 7) is 2.39. The van der Waals surface area contributed by atoms with Crippen LogP contribution in [-0.4, -0.2) is 5.91 Å². The average Bonchev–Trinajstić information content (AvgIpc) is 2.60. The van der Waals surface area contributed by atoms with Crippen molar-refractivity contribution in [3.05, 3.63) is 80.1 Å². The van der Waals surface area contributed by atoms with Gasteiger partial charge in [0.1, 0.15) is 5.58 Å². The van der Waals surface area contributed by atoms with E-state index >= 15 is 0 Å². The van der Waals surface area contributed by atoms with Crippen molar-refractivity contribution < 1.29 is 9.21 Å². The van der Waals surface area contributed by atoms with Gasteiger partial charge in [0.2, 0.25) is 0 Å². The maximum Gasteiger partial charge on any atom is 0.336 e. The van der Waals surface area contributed by atoms with Crippen LogP contribution in [0.25, 0.3) is 11.0 Å². The molecule has 5 heteroatoms. The SMILES string of the molecule is CCCc1ccc2oc(=O)cc(CNC(=O)c3ccc(Br)cc3)c2c1. The van der Waals surface area contributed by atoms with E-state index in [-0.39, 0.29) is 12.5 Å². The molecule has 2 aromatic carbocycles. The molecule has 25 heavy (non-hydrogen) atoms. The molecule has 0 saturated heterocycles. The van der Waals surface area contributed by atoms with Crippen LogP contribution in [0.2, 0.25) is 0 Å². The van der Waals surface area contributed by atoms with Crippen LogP contribution in [-0.2, 0) is 13.0 Å². The second-order valence-corrected chi connectivity index (χ2v) is 6.78. The molecule has 0 unspecified atom stereocenters. The van der Waals surface area contributed by atoms with E-state index in [0.717, 1.165) is 28.3 Å². The lowest BCUT2D eigenvalue weighted by molar-refractivity contribution is 0.0951. The summed E-state index contributed by atoms with van der Waals surface area (Å²) in [5, 5.41) is 3.73. The van der Waals surface area contributed by atoms with Crippen LogP contribution < -0.4 is 10.9 Å². The molecule has 1 aromatic heterocycles. The first kappa shape index (κ1) is 17.4.